The molecule has 0 radical (unpaired) electrons. The Bertz CT molecular complexity index is 116. The summed E-state index contributed by atoms with van der Waals surface area (Å²) in [5, 5.41) is 7.94. The van der Waals surface area contributed by atoms with Gasteiger partial charge >= 0.3 is 0 Å². The lowest BCUT2D eigenvalue weighted by atomic mass is 10.2. The van der Waals surface area contributed by atoms with E-state index in [1.165, 1.54) is 6.07 Å². The number of nitriles is 1. The van der Waals surface area contributed by atoms with E-state index in [-0.39, 0.29) is 5.78 Å². The van der Waals surface area contributed by atoms with Crippen LogP contribution in [0.4, 0.5) is 0 Å². The SMILES string of the molecule is N#CC(=O)CCCS. The van der Waals surface area contributed by atoms with Crippen molar-refractivity contribution in [2.45, 2.75) is 12.8 Å². The third kappa shape index (κ3) is 3.69. The highest BCUT2D eigenvalue weighted by Gasteiger charge is 1.94. The first-order valence-corrected chi connectivity index (χ1v) is 2.98. The van der Waals surface area contributed by atoms with E-state index in [9.17, 15) is 4.79 Å². The molecule has 2 nitrogen and oxygen atoms in total. The molecule has 8 heavy (non-hydrogen) atoms. The van der Waals surface area contributed by atoms with Crippen LogP contribution in [0.5, 0.6) is 0 Å². The van der Waals surface area contributed by atoms with Gasteiger partial charge in [-0.15, -0.1) is 0 Å². The van der Waals surface area contributed by atoms with Gasteiger partial charge < -0.3 is 0 Å². The number of thiol groups is 1. The van der Waals surface area contributed by atoms with Crippen LogP contribution in [-0.4, -0.2) is 11.5 Å². The molecule has 0 atom stereocenters. The second kappa shape index (κ2) is 4.66. The number of hydrogen-bond acceptors (Lipinski definition) is 3. The molecule has 0 aromatic carbocycles. The van der Waals surface area contributed by atoms with Gasteiger partial charge in [-0.2, -0.15) is 17.9 Å². The summed E-state index contributed by atoms with van der Waals surface area (Å²) in [5.41, 5.74) is 0. The first-order valence-electron chi connectivity index (χ1n) is 2.35. The average Bonchev–Trinajstić information content (AvgIpc) is 1.83. The monoisotopic (exact) mass is 129 g/mol. The van der Waals surface area contributed by atoms with Crippen molar-refractivity contribution in [2.75, 3.05) is 5.75 Å². The van der Waals surface area contributed by atoms with Crippen molar-refractivity contribution in [3.8, 4) is 6.07 Å². The molecule has 0 rings (SSSR count). The Labute approximate surface area is 53.9 Å². The van der Waals surface area contributed by atoms with Crippen molar-refractivity contribution in [3.63, 3.8) is 0 Å². The van der Waals surface area contributed by atoms with Crippen LogP contribution in [0.1, 0.15) is 12.8 Å². The lowest BCUT2D eigenvalue weighted by Gasteiger charge is -1.84. The molecular formula is C5H7NOS. The Kier molecular flexibility index (Phi) is 4.38. The fourth-order valence-corrected chi connectivity index (χ4v) is 0.454. The molecule has 0 unspecified atom stereocenters. The van der Waals surface area contributed by atoms with Crippen LogP contribution in [0.2, 0.25) is 0 Å². The molecule has 0 aromatic heterocycles. The molecule has 0 amide bonds. The van der Waals surface area contributed by atoms with Crippen molar-refractivity contribution >= 4 is 18.4 Å². The highest BCUT2D eigenvalue weighted by Crippen LogP contribution is 1.90. The smallest absolute Gasteiger partial charge is 0.231 e. The number of hydrogen-bond donors (Lipinski definition) is 1. The molecule has 0 aliphatic heterocycles. The number of carbonyl (C=O) groups excluding carboxylic acids is 1. The summed E-state index contributed by atoms with van der Waals surface area (Å²) in [6.45, 7) is 0. The summed E-state index contributed by atoms with van der Waals surface area (Å²) in [6, 6.07) is 1.53. The zero-order valence-corrected chi connectivity index (χ0v) is 5.32. The molecule has 0 aliphatic rings. The Morgan fingerprint density at radius 2 is 2.38 bits per heavy atom. The zero-order chi connectivity index (χ0) is 6.41. The topological polar surface area (TPSA) is 40.9 Å². The van der Waals surface area contributed by atoms with Gasteiger partial charge in [-0.3, -0.25) is 4.79 Å². The number of carbonyl (C=O) groups is 1. The van der Waals surface area contributed by atoms with Gasteiger partial charge in [-0.25, -0.2) is 0 Å². The van der Waals surface area contributed by atoms with Gasteiger partial charge in [0.25, 0.3) is 0 Å². The fourth-order valence-electron chi connectivity index (χ4n) is 0.296. The largest absolute Gasteiger partial charge is 0.283 e. The minimum atomic E-state index is -0.348. The minimum Gasteiger partial charge on any atom is -0.283 e. The summed E-state index contributed by atoms with van der Waals surface area (Å²) in [6.07, 6.45) is 1.05. The van der Waals surface area contributed by atoms with E-state index in [0.717, 1.165) is 0 Å². The first-order chi connectivity index (χ1) is 3.81. The van der Waals surface area contributed by atoms with Crippen molar-refractivity contribution in [2.24, 2.45) is 0 Å². The molecule has 0 saturated heterocycles. The van der Waals surface area contributed by atoms with E-state index in [2.05, 4.69) is 12.6 Å². The molecule has 0 fully saturated rings. The number of rotatable bonds is 3. The number of nitrogens with zero attached hydrogens (tertiary/aromatic N) is 1. The quantitative estimate of drug-likeness (QED) is 0.452. The standard InChI is InChI=1S/C5H7NOS/c6-4-5(7)2-1-3-8/h8H,1-3H2. The van der Waals surface area contributed by atoms with E-state index in [4.69, 9.17) is 5.26 Å². The molecule has 0 saturated carbocycles. The normalized spacial score (nSPS) is 8.00. The Hall–Kier alpha value is -0.490. The van der Waals surface area contributed by atoms with E-state index in [0.29, 0.717) is 18.6 Å². The van der Waals surface area contributed by atoms with E-state index >= 15 is 0 Å². The maximum Gasteiger partial charge on any atom is 0.231 e. The van der Waals surface area contributed by atoms with Crippen molar-refractivity contribution in [1.82, 2.24) is 0 Å². The van der Waals surface area contributed by atoms with Crippen LogP contribution in [0.25, 0.3) is 0 Å². The summed E-state index contributed by atoms with van der Waals surface area (Å²) in [5.74, 6) is 0.326. The van der Waals surface area contributed by atoms with E-state index < -0.39 is 0 Å². The van der Waals surface area contributed by atoms with Crippen molar-refractivity contribution in [3.05, 3.63) is 0 Å². The third-order valence-electron chi connectivity index (χ3n) is 0.687. The molecule has 0 aromatic rings. The molecule has 0 aliphatic carbocycles. The molecule has 0 bridgehead atoms. The van der Waals surface area contributed by atoms with Crippen molar-refractivity contribution < 1.29 is 4.79 Å². The Morgan fingerprint density at radius 1 is 1.75 bits per heavy atom. The summed E-state index contributed by atoms with van der Waals surface area (Å²) >= 11 is 3.87. The highest BCUT2D eigenvalue weighted by atomic mass is 32.1. The lowest BCUT2D eigenvalue weighted by Crippen LogP contribution is -1.91. The van der Waals surface area contributed by atoms with E-state index in [1.807, 2.05) is 0 Å². The van der Waals surface area contributed by atoms with Gasteiger partial charge in [-0.1, -0.05) is 0 Å². The first kappa shape index (κ1) is 7.51. The Morgan fingerprint density at radius 3 is 2.75 bits per heavy atom. The molecule has 44 valence electrons. The Balaban J connectivity index is 3.16. The predicted molar refractivity (Wildman–Crippen MR) is 33.7 cm³/mol. The summed E-state index contributed by atoms with van der Waals surface area (Å²) in [7, 11) is 0. The summed E-state index contributed by atoms with van der Waals surface area (Å²) < 4.78 is 0. The maximum absolute atomic E-state index is 10.2. The third-order valence-corrected chi connectivity index (χ3v) is 1.00. The molecule has 3 heteroatoms. The average molecular weight is 129 g/mol. The van der Waals surface area contributed by atoms with Gasteiger partial charge in [0.2, 0.25) is 5.78 Å². The number of Topliss-reactive ketones (excluding diaryl/α,β-unsaturated/α-hetero) is 1. The maximum atomic E-state index is 10.2. The van der Waals surface area contributed by atoms with Gasteiger partial charge in [-0.05, 0) is 12.2 Å². The van der Waals surface area contributed by atoms with Gasteiger partial charge in [0.15, 0.2) is 0 Å². The fraction of sp³-hybridized carbons (Fsp3) is 0.600. The second-order valence-corrected chi connectivity index (χ2v) is 1.81. The second-order valence-electron chi connectivity index (χ2n) is 1.36. The molecule has 0 N–H and O–H groups in total. The van der Waals surface area contributed by atoms with Gasteiger partial charge in [0.1, 0.15) is 6.07 Å². The minimum absolute atomic E-state index is 0.347. The van der Waals surface area contributed by atoms with Crippen LogP contribution in [0.15, 0.2) is 0 Å². The molecule has 0 heterocycles. The van der Waals surface area contributed by atoms with Gasteiger partial charge in [0.05, 0.1) is 0 Å². The highest BCUT2D eigenvalue weighted by molar-refractivity contribution is 7.80. The van der Waals surface area contributed by atoms with Crippen LogP contribution in [-0.2, 0) is 4.79 Å². The van der Waals surface area contributed by atoms with E-state index in [1.54, 1.807) is 0 Å². The predicted octanol–water partition coefficient (Wildman–Crippen LogP) is 0.789. The van der Waals surface area contributed by atoms with Crippen molar-refractivity contribution in [1.29, 1.82) is 5.26 Å². The molecular weight excluding hydrogens is 122 g/mol. The van der Waals surface area contributed by atoms with Gasteiger partial charge in [0, 0.05) is 6.42 Å². The zero-order valence-electron chi connectivity index (χ0n) is 4.42. The molecule has 0 spiro atoms. The summed E-state index contributed by atoms with van der Waals surface area (Å²) in [4.78, 5) is 10.2. The lowest BCUT2D eigenvalue weighted by molar-refractivity contribution is -0.114. The van der Waals surface area contributed by atoms with Crippen LogP contribution in [0, 0.1) is 11.3 Å². The van der Waals surface area contributed by atoms with Crippen LogP contribution < -0.4 is 0 Å². The van der Waals surface area contributed by atoms with Crippen LogP contribution in [0.3, 0.4) is 0 Å². The number of ketones is 1. The van der Waals surface area contributed by atoms with Crippen LogP contribution >= 0.6 is 12.6 Å².